The van der Waals surface area contributed by atoms with Gasteiger partial charge in [-0.2, -0.15) is 0 Å². The summed E-state index contributed by atoms with van der Waals surface area (Å²) >= 11 is 0. The van der Waals surface area contributed by atoms with E-state index in [4.69, 9.17) is 0 Å². The van der Waals surface area contributed by atoms with Crippen molar-refractivity contribution in [2.24, 2.45) is 35.0 Å². The summed E-state index contributed by atoms with van der Waals surface area (Å²) in [7, 11) is 0. The molecule has 222 valence electrons. The average Bonchev–Trinajstić information content (AvgIpc) is 3.38. The molecule has 10 unspecified atom stereocenters. The average molecular weight is 537 g/mol. The first-order chi connectivity index (χ1) is 16.9. The third-order valence-electron chi connectivity index (χ3n) is 9.29. The molecule has 9 nitrogen and oxygen atoms in total. The standard InChI is InChI=1S/C28H56O9/c1-15(2)16(3)21(31)22(32)23(33)24(34)26(36)28(37,25(35)20(30)14-29)13-12-19(27(5,6)7)17(4)18-10-8-9-11-18/h15-26,29-37H,8-14H2,1-7H3/t16?,17-,19?,20?,21?,22?,23?,24?,25?,26?,28?/m1/s1. The van der Waals surface area contributed by atoms with Gasteiger partial charge in [0.2, 0.25) is 0 Å². The lowest BCUT2D eigenvalue weighted by Crippen LogP contribution is -2.64. The summed E-state index contributed by atoms with van der Waals surface area (Å²) in [4.78, 5) is 0. The molecule has 9 heteroatoms. The molecule has 0 heterocycles. The molecule has 37 heavy (non-hydrogen) atoms. The Kier molecular flexibility index (Phi) is 13.4. The van der Waals surface area contributed by atoms with Gasteiger partial charge in [0.05, 0.1) is 12.7 Å². The summed E-state index contributed by atoms with van der Waals surface area (Å²) in [6, 6.07) is 0. The molecule has 9 N–H and O–H groups in total. The Morgan fingerprint density at radius 3 is 1.65 bits per heavy atom. The third-order valence-corrected chi connectivity index (χ3v) is 9.29. The highest BCUT2D eigenvalue weighted by Crippen LogP contribution is 2.45. The maximum Gasteiger partial charge on any atom is 0.121 e. The Morgan fingerprint density at radius 1 is 0.730 bits per heavy atom. The van der Waals surface area contributed by atoms with Crippen molar-refractivity contribution in [2.75, 3.05) is 6.61 Å². The van der Waals surface area contributed by atoms with Gasteiger partial charge in [0.1, 0.15) is 42.2 Å². The molecule has 11 atom stereocenters. The molecular weight excluding hydrogens is 480 g/mol. The zero-order chi connectivity index (χ0) is 28.9. The lowest BCUT2D eigenvalue weighted by Gasteiger charge is -2.45. The van der Waals surface area contributed by atoms with E-state index in [1.54, 1.807) is 6.92 Å². The molecular formula is C28H56O9. The van der Waals surface area contributed by atoms with Crippen LogP contribution in [0.15, 0.2) is 0 Å². The lowest BCUT2D eigenvalue weighted by atomic mass is 9.65. The molecule has 0 radical (unpaired) electrons. The van der Waals surface area contributed by atoms with Crippen LogP contribution >= 0.6 is 0 Å². The molecule has 0 bridgehead atoms. The Balaban J connectivity index is 3.23. The second kappa shape index (κ2) is 14.3. The smallest absolute Gasteiger partial charge is 0.121 e. The number of rotatable bonds is 15. The van der Waals surface area contributed by atoms with E-state index in [1.165, 1.54) is 12.8 Å². The molecule has 0 aromatic rings. The molecule has 0 spiro atoms. The molecule has 0 amide bonds. The highest BCUT2D eigenvalue weighted by Gasteiger charge is 2.52. The summed E-state index contributed by atoms with van der Waals surface area (Å²) in [6.45, 7) is 12.8. The molecule has 0 aliphatic heterocycles. The Hall–Kier alpha value is -0.360. The van der Waals surface area contributed by atoms with E-state index < -0.39 is 60.9 Å². The van der Waals surface area contributed by atoms with Crippen LogP contribution in [-0.4, -0.2) is 101 Å². The first kappa shape index (κ1) is 34.7. The van der Waals surface area contributed by atoms with E-state index in [0.29, 0.717) is 12.3 Å². The van der Waals surface area contributed by atoms with Crippen molar-refractivity contribution in [1.29, 1.82) is 0 Å². The Morgan fingerprint density at radius 2 is 1.22 bits per heavy atom. The van der Waals surface area contributed by atoms with Gasteiger partial charge in [0, 0.05) is 0 Å². The molecule has 0 saturated heterocycles. The zero-order valence-corrected chi connectivity index (χ0v) is 23.9. The number of hydrogen-bond acceptors (Lipinski definition) is 9. The van der Waals surface area contributed by atoms with Gasteiger partial charge < -0.3 is 46.0 Å². The molecule has 1 rings (SSSR count). The van der Waals surface area contributed by atoms with Crippen molar-refractivity contribution in [3.05, 3.63) is 0 Å². The molecule has 1 fully saturated rings. The molecule has 0 aromatic carbocycles. The van der Waals surface area contributed by atoms with Crippen LogP contribution in [0, 0.1) is 35.0 Å². The van der Waals surface area contributed by atoms with Crippen molar-refractivity contribution in [3.8, 4) is 0 Å². The van der Waals surface area contributed by atoms with E-state index in [2.05, 4.69) is 27.7 Å². The number of aliphatic hydroxyl groups excluding tert-OH is 8. The summed E-state index contributed by atoms with van der Waals surface area (Å²) < 4.78 is 0. The van der Waals surface area contributed by atoms with Gasteiger partial charge in [-0.1, -0.05) is 74.1 Å². The van der Waals surface area contributed by atoms with E-state index >= 15 is 0 Å². The topological polar surface area (TPSA) is 182 Å². The second-order valence-electron chi connectivity index (χ2n) is 13.1. The van der Waals surface area contributed by atoms with Gasteiger partial charge in [-0.15, -0.1) is 0 Å². The number of aliphatic hydroxyl groups is 9. The van der Waals surface area contributed by atoms with E-state index in [1.807, 2.05) is 13.8 Å². The van der Waals surface area contributed by atoms with Crippen molar-refractivity contribution >= 4 is 0 Å². The van der Waals surface area contributed by atoms with Crippen molar-refractivity contribution < 1.29 is 46.0 Å². The van der Waals surface area contributed by atoms with Crippen LogP contribution in [0.3, 0.4) is 0 Å². The molecule has 1 saturated carbocycles. The Labute approximate surface area is 223 Å². The van der Waals surface area contributed by atoms with Gasteiger partial charge in [-0.25, -0.2) is 0 Å². The minimum absolute atomic E-state index is 0.0476. The second-order valence-corrected chi connectivity index (χ2v) is 13.1. The van der Waals surface area contributed by atoms with Crippen molar-refractivity contribution in [3.63, 3.8) is 0 Å². The number of hydrogen-bond donors (Lipinski definition) is 9. The van der Waals surface area contributed by atoms with Crippen molar-refractivity contribution in [1.82, 2.24) is 0 Å². The van der Waals surface area contributed by atoms with Crippen LogP contribution < -0.4 is 0 Å². The highest BCUT2D eigenvalue weighted by molar-refractivity contribution is 5.03. The predicted molar refractivity (Wildman–Crippen MR) is 141 cm³/mol. The van der Waals surface area contributed by atoms with Crippen LogP contribution in [0.2, 0.25) is 0 Å². The van der Waals surface area contributed by atoms with Crippen LogP contribution in [-0.2, 0) is 0 Å². The quantitative estimate of drug-likeness (QED) is 0.146. The van der Waals surface area contributed by atoms with Crippen LogP contribution in [0.5, 0.6) is 0 Å². The fourth-order valence-electron chi connectivity index (χ4n) is 6.18. The minimum atomic E-state index is -2.52. The van der Waals surface area contributed by atoms with Crippen LogP contribution in [0.1, 0.15) is 87.0 Å². The van der Waals surface area contributed by atoms with Crippen molar-refractivity contribution in [2.45, 2.75) is 135 Å². The zero-order valence-electron chi connectivity index (χ0n) is 23.9. The van der Waals surface area contributed by atoms with E-state index in [9.17, 15) is 46.0 Å². The summed E-state index contributed by atoms with van der Waals surface area (Å²) in [5.41, 5.74) is -2.70. The fraction of sp³-hybridized carbons (Fsp3) is 1.00. The van der Waals surface area contributed by atoms with Gasteiger partial charge in [-0.3, -0.25) is 0 Å². The van der Waals surface area contributed by atoms with Crippen LogP contribution in [0.25, 0.3) is 0 Å². The third kappa shape index (κ3) is 8.56. The molecule has 1 aliphatic carbocycles. The van der Waals surface area contributed by atoms with Crippen LogP contribution in [0.4, 0.5) is 0 Å². The van der Waals surface area contributed by atoms with Gasteiger partial charge in [0.25, 0.3) is 0 Å². The SMILES string of the molecule is CC(C)C(C)C(O)C(O)C(O)C(O)C(O)C(O)(CCC([C@H](C)C1CCCC1)C(C)(C)C)C(O)C(O)CO. The lowest BCUT2D eigenvalue weighted by molar-refractivity contribution is -0.231. The molecule has 1 aliphatic rings. The summed E-state index contributed by atoms with van der Waals surface area (Å²) in [5, 5.41) is 95.3. The maximum absolute atomic E-state index is 11.6. The summed E-state index contributed by atoms with van der Waals surface area (Å²) in [5.74, 6) is 0.373. The maximum atomic E-state index is 11.6. The van der Waals surface area contributed by atoms with Gasteiger partial charge in [0.15, 0.2) is 0 Å². The molecule has 0 aromatic heterocycles. The van der Waals surface area contributed by atoms with Gasteiger partial charge in [-0.05, 0) is 47.8 Å². The Bertz CT molecular complexity index is 648. The monoisotopic (exact) mass is 536 g/mol. The van der Waals surface area contributed by atoms with E-state index in [-0.39, 0.29) is 29.6 Å². The largest absolute Gasteiger partial charge is 0.394 e. The summed E-state index contributed by atoms with van der Waals surface area (Å²) in [6.07, 6.45) is -8.86. The first-order valence-electron chi connectivity index (χ1n) is 14.0. The van der Waals surface area contributed by atoms with Gasteiger partial charge >= 0.3 is 0 Å². The normalized spacial score (nSPS) is 25.5. The fourth-order valence-corrected chi connectivity index (χ4v) is 6.18. The van der Waals surface area contributed by atoms with E-state index in [0.717, 1.165) is 12.8 Å². The highest BCUT2D eigenvalue weighted by atomic mass is 16.4. The minimum Gasteiger partial charge on any atom is -0.394 e. The first-order valence-corrected chi connectivity index (χ1v) is 14.0. The predicted octanol–water partition coefficient (Wildman–Crippen LogP) is 0.797.